The van der Waals surface area contributed by atoms with Crippen LogP contribution in [0.5, 0.6) is 0 Å². The summed E-state index contributed by atoms with van der Waals surface area (Å²) >= 11 is 0. The minimum Gasteiger partial charge on any atom is -0.361 e. The molecule has 1 aromatic carbocycles. The molecule has 0 spiro atoms. The average molecular weight is 187 g/mol. The first-order valence-electron chi connectivity index (χ1n) is 5.22. The third-order valence-corrected chi connectivity index (χ3v) is 3.20. The van der Waals surface area contributed by atoms with Crippen LogP contribution in [0.3, 0.4) is 0 Å². The van der Waals surface area contributed by atoms with Gasteiger partial charge in [0.2, 0.25) is 0 Å². The van der Waals surface area contributed by atoms with Gasteiger partial charge in [-0.05, 0) is 28.9 Å². The zero-order valence-electron chi connectivity index (χ0n) is 9.09. The number of fused-ring (bicyclic) bond motifs is 1. The Balaban J connectivity index is 2.67. The summed E-state index contributed by atoms with van der Waals surface area (Å²) in [6, 6.07) is 8.65. The lowest BCUT2D eigenvalue weighted by molar-refractivity contribution is 0.510. The number of H-pyrrole nitrogens is 1. The Morgan fingerprint density at radius 3 is 2.71 bits per heavy atom. The Labute approximate surface area is 85.1 Å². The normalized spacial score (nSPS) is 12.2. The van der Waals surface area contributed by atoms with E-state index in [-0.39, 0.29) is 5.41 Å². The van der Waals surface area contributed by atoms with E-state index in [4.69, 9.17) is 0 Å². The lowest BCUT2D eigenvalue weighted by Gasteiger charge is -2.23. The molecule has 1 heterocycles. The number of benzene rings is 1. The van der Waals surface area contributed by atoms with E-state index in [9.17, 15) is 0 Å². The van der Waals surface area contributed by atoms with Crippen LogP contribution in [0.1, 0.15) is 32.8 Å². The van der Waals surface area contributed by atoms with Crippen molar-refractivity contribution in [2.45, 2.75) is 32.6 Å². The first-order valence-corrected chi connectivity index (χ1v) is 5.22. The van der Waals surface area contributed by atoms with Crippen molar-refractivity contribution < 1.29 is 0 Å². The van der Waals surface area contributed by atoms with E-state index in [2.05, 4.69) is 50.0 Å². The molecule has 2 aromatic rings. The fraction of sp³-hybridized carbons (Fsp3) is 0.385. The maximum Gasteiger partial charge on any atom is 0.0491 e. The number of aromatic nitrogens is 1. The number of hydrogen-bond acceptors (Lipinski definition) is 0. The fourth-order valence-electron chi connectivity index (χ4n) is 1.84. The highest BCUT2D eigenvalue weighted by molar-refractivity contribution is 5.83. The first-order chi connectivity index (χ1) is 6.65. The number of rotatable bonds is 2. The number of nitrogens with one attached hydrogen (secondary N) is 1. The highest BCUT2D eigenvalue weighted by atomic mass is 14.7. The molecule has 2 rings (SSSR count). The van der Waals surface area contributed by atoms with Gasteiger partial charge in [0.05, 0.1) is 0 Å². The topological polar surface area (TPSA) is 15.8 Å². The first kappa shape index (κ1) is 9.32. The van der Waals surface area contributed by atoms with Crippen LogP contribution in [0, 0.1) is 0 Å². The molecule has 0 bridgehead atoms. The molecule has 0 radical (unpaired) electrons. The Morgan fingerprint density at radius 1 is 1.21 bits per heavy atom. The molecule has 0 aliphatic rings. The molecular formula is C13H17N. The largest absolute Gasteiger partial charge is 0.361 e. The van der Waals surface area contributed by atoms with Crippen molar-refractivity contribution in [2.75, 3.05) is 0 Å². The van der Waals surface area contributed by atoms with Gasteiger partial charge in [-0.1, -0.05) is 39.0 Å². The van der Waals surface area contributed by atoms with Crippen LogP contribution in [-0.4, -0.2) is 4.98 Å². The molecule has 1 aromatic heterocycles. The number of para-hydroxylation sites is 1. The number of hydrogen-bond donors (Lipinski definition) is 1. The second-order valence-electron chi connectivity index (χ2n) is 4.48. The van der Waals surface area contributed by atoms with Gasteiger partial charge in [-0.2, -0.15) is 0 Å². The van der Waals surface area contributed by atoms with E-state index in [0.29, 0.717) is 0 Å². The van der Waals surface area contributed by atoms with Crippen LogP contribution in [0.4, 0.5) is 0 Å². The molecule has 0 fully saturated rings. The maximum atomic E-state index is 3.33. The number of aromatic amines is 1. The molecule has 74 valence electrons. The van der Waals surface area contributed by atoms with Gasteiger partial charge in [0, 0.05) is 11.7 Å². The van der Waals surface area contributed by atoms with Crippen LogP contribution in [-0.2, 0) is 5.41 Å². The van der Waals surface area contributed by atoms with Gasteiger partial charge in [0.1, 0.15) is 0 Å². The van der Waals surface area contributed by atoms with Crippen LogP contribution < -0.4 is 0 Å². The summed E-state index contributed by atoms with van der Waals surface area (Å²) in [5.74, 6) is 0. The van der Waals surface area contributed by atoms with E-state index >= 15 is 0 Å². The van der Waals surface area contributed by atoms with Gasteiger partial charge >= 0.3 is 0 Å². The second-order valence-corrected chi connectivity index (χ2v) is 4.48. The monoisotopic (exact) mass is 187 g/mol. The second kappa shape index (κ2) is 3.16. The van der Waals surface area contributed by atoms with Crippen molar-refractivity contribution in [3.8, 4) is 0 Å². The molecular weight excluding hydrogens is 170 g/mol. The van der Waals surface area contributed by atoms with Crippen LogP contribution >= 0.6 is 0 Å². The quantitative estimate of drug-likeness (QED) is 0.735. The van der Waals surface area contributed by atoms with Crippen molar-refractivity contribution in [2.24, 2.45) is 0 Å². The zero-order valence-corrected chi connectivity index (χ0v) is 9.09. The summed E-state index contributed by atoms with van der Waals surface area (Å²) in [6.45, 7) is 6.83. The Hall–Kier alpha value is -1.24. The van der Waals surface area contributed by atoms with E-state index in [1.165, 1.54) is 16.5 Å². The Morgan fingerprint density at radius 2 is 2.00 bits per heavy atom. The molecule has 1 N–H and O–H groups in total. The van der Waals surface area contributed by atoms with Crippen LogP contribution in [0.15, 0.2) is 30.5 Å². The van der Waals surface area contributed by atoms with E-state index in [1.54, 1.807) is 0 Å². The predicted octanol–water partition coefficient (Wildman–Crippen LogP) is 3.86. The predicted molar refractivity (Wildman–Crippen MR) is 61.6 cm³/mol. The van der Waals surface area contributed by atoms with Crippen LogP contribution in [0.2, 0.25) is 0 Å². The molecule has 0 unspecified atom stereocenters. The summed E-state index contributed by atoms with van der Waals surface area (Å²) in [4.78, 5) is 3.33. The smallest absolute Gasteiger partial charge is 0.0491 e. The summed E-state index contributed by atoms with van der Waals surface area (Å²) in [6.07, 6.45) is 3.17. The van der Waals surface area contributed by atoms with E-state index in [0.717, 1.165) is 6.42 Å². The molecule has 1 heteroatoms. The van der Waals surface area contributed by atoms with E-state index < -0.39 is 0 Å². The molecule has 0 aliphatic heterocycles. The van der Waals surface area contributed by atoms with Crippen molar-refractivity contribution in [3.63, 3.8) is 0 Å². The Bertz CT molecular complexity index is 437. The standard InChI is InChI=1S/C13H17N/c1-4-13(2,3)11-7-5-6-10-8-9-14-12(10)11/h5-9,14H,4H2,1-3H3. The van der Waals surface area contributed by atoms with Crippen LogP contribution in [0.25, 0.3) is 10.9 Å². The molecule has 0 amide bonds. The molecule has 0 saturated carbocycles. The maximum absolute atomic E-state index is 3.33. The summed E-state index contributed by atoms with van der Waals surface area (Å²) in [7, 11) is 0. The summed E-state index contributed by atoms with van der Waals surface area (Å²) in [5.41, 5.74) is 2.96. The molecule has 14 heavy (non-hydrogen) atoms. The van der Waals surface area contributed by atoms with Gasteiger partial charge in [0.25, 0.3) is 0 Å². The minimum atomic E-state index is 0.254. The highest BCUT2D eigenvalue weighted by Crippen LogP contribution is 2.31. The van der Waals surface area contributed by atoms with Gasteiger partial charge in [-0.25, -0.2) is 0 Å². The molecule has 0 aliphatic carbocycles. The Kier molecular flexibility index (Phi) is 2.10. The lowest BCUT2D eigenvalue weighted by atomic mass is 9.81. The molecule has 0 saturated heterocycles. The average Bonchev–Trinajstić information content (AvgIpc) is 2.64. The minimum absolute atomic E-state index is 0.254. The lowest BCUT2D eigenvalue weighted by Crippen LogP contribution is -2.15. The summed E-state index contributed by atoms with van der Waals surface area (Å²) < 4.78 is 0. The van der Waals surface area contributed by atoms with Crippen molar-refractivity contribution in [1.82, 2.24) is 4.98 Å². The van der Waals surface area contributed by atoms with Crippen molar-refractivity contribution in [1.29, 1.82) is 0 Å². The molecule has 1 nitrogen and oxygen atoms in total. The third kappa shape index (κ3) is 1.33. The van der Waals surface area contributed by atoms with E-state index in [1.807, 2.05) is 6.20 Å². The summed E-state index contributed by atoms with van der Waals surface area (Å²) in [5, 5.41) is 1.31. The van der Waals surface area contributed by atoms with Crippen molar-refractivity contribution >= 4 is 10.9 Å². The van der Waals surface area contributed by atoms with Crippen molar-refractivity contribution in [3.05, 3.63) is 36.0 Å². The van der Waals surface area contributed by atoms with Gasteiger partial charge < -0.3 is 4.98 Å². The SMILES string of the molecule is CCC(C)(C)c1cccc2cc[nH]c12. The molecule has 0 atom stereocenters. The fourth-order valence-corrected chi connectivity index (χ4v) is 1.84. The van der Waals surface area contributed by atoms with Gasteiger partial charge in [-0.15, -0.1) is 0 Å². The van der Waals surface area contributed by atoms with Gasteiger partial charge in [0.15, 0.2) is 0 Å². The van der Waals surface area contributed by atoms with Gasteiger partial charge in [-0.3, -0.25) is 0 Å². The zero-order chi connectivity index (χ0) is 10.2. The highest BCUT2D eigenvalue weighted by Gasteiger charge is 2.20. The third-order valence-electron chi connectivity index (χ3n) is 3.20.